The molecule has 0 spiro atoms. The standard InChI is InChI=1S/C16H17BrN4O5S/c1-7(2)26-16(23)10-8-5-3-4-6-9(8)27-15(10)18-14(22)12-11(17)13(20-19-12)21(24)25/h7H,3-6H2,1-2H3,(H,18,22)(H,19,20). The van der Waals surface area contributed by atoms with Crippen LogP contribution in [0.2, 0.25) is 0 Å². The van der Waals surface area contributed by atoms with E-state index in [9.17, 15) is 19.7 Å². The van der Waals surface area contributed by atoms with E-state index in [1.807, 2.05) is 0 Å². The van der Waals surface area contributed by atoms with Gasteiger partial charge in [-0.25, -0.2) is 4.79 Å². The third-order valence-corrected chi connectivity index (χ3v) is 5.99. The number of hydrogen-bond donors (Lipinski definition) is 2. The molecule has 0 aliphatic heterocycles. The summed E-state index contributed by atoms with van der Waals surface area (Å²) in [6, 6.07) is 0. The molecular weight excluding hydrogens is 440 g/mol. The van der Waals surface area contributed by atoms with Crippen molar-refractivity contribution in [3.8, 4) is 0 Å². The van der Waals surface area contributed by atoms with Gasteiger partial charge in [-0.3, -0.25) is 4.79 Å². The van der Waals surface area contributed by atoms with Crippen molar-refractivity contribution in [3.05, 3.63) is 36.3 Å². The molecule has 3 rings (SSSR count). The van der Waals surface area contributed by atoms with Crippen molar-refractivity contribution in [3.63, 3.8) is 0 Å². The van der Waals surface area contributed by atoms with Gasteiger partial charge in [0.05, 0.1) is 11.7 Å². The Bertz CT molecular complexity index is 920. The van der Waals surface area contributed by atoms with Crippen LogP contribution in [0.4, 0.5) is 10.8 Å². The monoisotopic (exact) mass is 456 g/mol. The summed E-state index contributed by atoms with van der Waals surface area (Å²) in [5.41, 5.74) is 1.13. The number of ether oxygens (including phenoxy) is 1. The highest BCUT2D eigenvalue weighted by molar-refractivity contribution is 9.10. The van der Waals surface area contributed by atoms with E-state index in [2.05, 4.69) is 31.4 Å². The van der Waals surface area contributed by atoms with E-state index >= 15 is 0 Å². The summed E-state index contributed by atoms with van der Waals surface area (Å²) < 4.78 is 5.30. The molecule has 2 aromatic heterocycles. The van der Waals surface area contributed by atoms with Gasteiger partial charge in [0.15, 0.2) is 5.69 Å². The van der Waals surface area contributed by atoms with Gasteiger partial charge < -0.3 is 20.2 Å². The fraction of sp³-hybridized carbons (Fsp3) is 0.438. The first kappa shape index (κ1) is 19.5. The molecule has 1 aliphatic carbocycles. The number of nitro groups is 1. The van der Waals surface area contributed by atoms with Crippen LogP contribution >= 0.6 is 27.3 Å². The molecule has 2 N–H and O–H groups in total. The average molecular weight is 457 g/mol. The Kier molecular flexibility index (Phi) is 5.61. The summed E-state index contributed by atoms with van der Waals surface area (Å²) in [7, 11) is 0. The van der Waals surface area contributed by atoms with Gasteiger partial charge in [0.25, 0.3) is 5.91 Å². The van der Waals surface area contributed by atoms with Crippen LogP contribution in [-0.2, 0) is 17.6 Å². The van der Waals surface area contributed by atoms with Gasteiger partial charge in [-0.2, -0.15) is 0 Å². The minimum atomic E-state index is -0.677. The molecule has 0 unspecified atom stereocenters. The summed E-state index contributed by atoms with van der Waals surface area (Å²) in [4.78, 5) is 36.5. The molecule has 144 valence electrons. The molecule has 2 aromatic rings. The number of rotatable bonds is 5. The molecule has 0 saturated heterocycles. The number of aryl methyl sites for hydroxylation is 1. The highest BCUT2D eigenvalue weighted by Gasteiger charge is 2.30. The Morgan fingerprint density at radius 1 is 1.37 bits per heavy atom. The topological polar surface area (TPSA) is 127 Å². The van der Waals surface area contributed by atoms with Crippen molar-refractivity contribution in [2.24, 2.45) is 0 Å². The number of H-pyrrole nitrogens is 1. The molecule has 27 heavy (non-hydrogen) atoms. The average Bonchev–Trinajstić information content (AvgIpc) is 3.14. The van der Waals surface area contributed by atoms with E-state index in [-0.39, 0.29) is 16.3 Å². The normalized spacial score (nSPS) is 13.3. The van der Waals surface area contributed by atoms with Gasteiger partial charge in [-0.15, -0.1) is 16.4 Å². The second kappa shape index (κ2) is 7.77. The first-order valence-corrected chi connectivity index (χ1v) is 9.95. The minimum Gasteiger partial charge on any atom is -0.459 e. The SMILES string of the molecule is CC(C)OC(=O)c1c(NC(=O)c2n[nH]c([N+](=O)[O-])c2Br)sc2c1CCCC2. The molecule has 0 aromatic carbocycles. The van der Waals surface area contributed by atoms with E-state index in [4.69, 9.17) is 4.74 Å². The Labute approximate surface area is 166 Å². The Hall–Kier alpha value is -2.27. The Morgan fingerprint density at radius 3 is 2.70 bits per heavy atom. The lowest BCUT2D eigenvalue weighted by Gasteiger charge is -2.14. The van der Waals surface area contributed by atoms with Crippen LogP contribution in [-0.4, -0.2) is 33.1 Å². The lowest BCUT2D eigenvalue weighted by Crippen LogP contribution is -2.18. The van der Waals surface area contributed by atoms with Crippen LogP contribution in [0.1, 0.15) is 58.0 Å². The maximum Gasteiger partial charge on any atom is 0.357 e. The highest BCUT2D eigenvalue weighted by atomic mass is 79.9. The van der Waals surface area contributed by atoms with E-state index in [1.54, 1.807) is 13.8 Å². The molecule has 0 saturated carbocycles. The van der Waals surface area contributed by atoms with Crippen molar-refractivity contribution < 1.29 is 19.2 Å². The number of thiophene rings is 1. The number of carbonyl (C=O) groups is 2. The van der Waals surface area contributed by atoms with E-state index in [1.165, 1.54) is 11.3 Å². The van der Waals surface area contributed by atoms with Crippen LogP contribution in [0.25, 0.3) is 0 Å². The van der Waals surface area contributed by atoms with Crippen LogP contribution in [0.15, 0.2) is 4.47 Å². The Balaban J connectivity index is 1.94. The zero-order valence-corrected chi connectivity index (χ0v) is 17.0. The first-order chi connectivity index (χ1) is 12.8. The van der Waals surface area contributed by atoms with E-state index in [0.717, 1.165) is 36.1 Å². The fourth-order valence-corrected chi connectivity index (χ4v) is 4.67. The molecule has 0 radical (unpaired) electrons. The summed E-state index contributed by atoms with van der Waals surface area (Å²) in [6.07, 6.45) is 3.30. The number of fused-ring (bicyclic) bond motifs is 1. The number of aromatic amines is 1. The number of carbonyl (C=O) groups excluding carboxylic acids is 2. The number of anilines is 1. The first-order valence-electron chi connectivity index (χ1n) is 8.34. The molecule has 2 heterocycles. The summed E-state index contributed by atoms with van der Waals surface area (Å²) in [5, 5.41) is 19.9. The second-order valence-electron chi connectivity index (χ2n) is 6.32. The molecule has 9 nitrogen and oxygen atoms in total. The lowest BCUT2D eigenvalue weighted by atomic mass is 9.95. The predicted molar refractivity (Wildman–Crippen MR) is 102 cm³/mol. The smallest absolute Gasteiger partial charge is 0.357 e. The molecule has 0 atom stereocenters. The van der Waals surface area contributed by atoms with Crippen LogP contribution < -0.4 is 5.32 Å². The number of nitrogens with one attached hydrogen (secondary N) is 2. The van der Waals surface area contributed by atoms with Crippen molar-refractivity contribution in [2.75, 3.05) is 5.32 Å². The number of halogens is 1. The molecule has 1 aliphatic rings. The summed E-state index contributed by atoms with van der Waals surface area (Å²) in [6.45, 7) is 3.52. The molecule has 1 amide bonds. The van der Waals surface area contributed by atoms with Crippen LogP contribution in [0.3, 0.4) is 0 Å². The quantitative estimate of drug-likeness (QED) is 0.399. The summed E-state index contributed by atoms with van der Waals surface area (Å²) >= 11 is 4.36. The van der Waals surface area contributed by atoms with Crippen molar-refractivity contribution in [2.45, 2.75) is 45.6 Å². The van der Waals surface area contributed by atoms with Gasteiger partial charge in [0.1, 0.15) is 9.47 Å². The van der Waals surface area contributed by atoms with Gasteiger partial charge in [-0.05, 0) is 65.9 Å². The lowest BCUT2D eigenvalue weighted by molar-refractivity contribution is -0.390. The second-order valence-corrected chi connectivity index (χ2v) is 8.21. The van der Waals surface area contributed by atoms with Gasteiger partial charge in [0.2, 0.25) is 0 Å². The minimum absolute atomic E-state index is 0.0439. The van der Waals surface area contributed by atoms with E-state index in [0.29, 0.717) is 10.6 Å². The van der Waals surface area contributed by atoms with Gasteiger partial charge in [0, 0.05) is 4.88 Å². The third kappa shape index (κ3) is 3.88. The van der Waals surface area contributed by atoms with Gasteiger partial charge >= 0.3 is 11.8 Å². The number of nitrogens with zero attached hydrogens (tertiary/aromatic N) is 2. The predicted octanol–water partition coefficient (Wildman–Crippen LogP) is 3.84. The van der Waals surface area contributed by atoms with Gasteiger partial charge in [-0.1, -0.05) is 5.10 Å². The number of hydrogen-bond acceptors (Lipinski definition) is 7. The Morgan fingerprint density at radius 2 is 2.07 bits per heavy atom. The molecule has 11 heteroatoms. The van der Waals surface area contributed by atoms with Crippen molar-refractivity contribution >= 4 is 50.0 Å². The molecular formula is C16H17BrN4O5S. The summed E-state index contributed by atoms with van der Waals surface area (Å²) in [5.74, 6) is -1.54. The maximum absolute atomic E-state index is 12.6. The van der Waals surface area contributed by atoms with Crippen LogP contribution in [0, 0.1) is 10.1 Å². The zero-order valence-electron chi connectivity index (χ0n) is 14.6. The largest absolute Gasteiger partial charge is 0.459 e. The van der Waals surface area contributed by atoms with Crippen molar-refractivity contribution in [1.29, 1.82) is 0 Å². The maximum atomic E-state index is 12.6. The third-order valence-electron chi connectivity index (χ3n) is 4.03. The number of esters is 1. The zero-order chi connectivity index (χ0) is 19.7. The molecule has 0 fully saturated rings. The fourth-order valence-electron chi connectivity index (χ4n) is 2.90. The number of aromatic nitrogens is 2. The number of amides is 1. The van der Waals surface area contributed by atoms with Crippen LogP contribution in [0.5, 0.6) is 0 Å². The highest BCUT2D eigenvalue weighted by Crippen LogP contribution is 2.39. The molecule has 0 bridgehead atoms. The van der Waals surface area contributed by atoms with E-state index < -0.39 is 22.6 Å². The van der Waals surface area contributed by atoms with Crippen molar-refractivity contribution in [1.82, 2.24) is 10.2 Å².